The van der Waals surface area contributed by atoms with Gasteiger partial charge in [-0.2, -0.15) is 9.20 Å². The van der Waals surface area contributed by atoms with E-state index in [1.54, 1.807) is 0 Å². The number of imide groups is 1. The van der Waals surface area contributed by atoms with Crippen LogP contribution in [0.5, 0.6) is 0 Å². The lowest BCUT2D eigenvalue weighted by Gasteiger charge is -2.30. The summed E-state index contributed by atoms with van der Waals surface area (Å²) in [6, 6.07) is -0.831. The molecule has 0 radical (unpaired) electrons. The Hall–Kier alpha value is -1.38. The zero-order chi connectivity index (χ0) is 26.4. The van der Waals surface area contributed by atoms with E-state index < -0.39 is 72.8 Å². The van der Waals surface area contributed by atoms with Crippen LogP contribution in [-0.4, -0.2) is 75.0 Å². The highest BCUT2D eigenvalue weighted by Crippen LogP contribution is 2.68. The van der Waals surface area contributed by atoms with Gasteiger partial charge in [0.1, 0.15) is 12.2 Å². The van der Waals surface area contributed by atoms with E-state index in [4.69, 9.17) is 9.26 Å². The minimum absolute atomic E-state index is 0.230. The Balaban J connectivity index is 2.19. The van der Waals surface area contributed by atoms with Crippen molar-refractivity contribution in [2.24, 2.45) is 5.41 Å². The van der Waals surface area contributed by atoms with E-state index in [0.717, 1.165) is 27.5 Å². The monoisotopic (exact) mass is 565 g/mol. The number of carbonyl (C=O) groups excluding carboxylic acids is 2. The maximum Gasteiger partial charge on any atom is 0.739 e. The van der Waals surface area contributed by atoms with E-state index in [0.29, 0.717) is 0 Å². The highest BCUT2D eigenvalue weighted by Gasteiger charge is 2.56. The molecule has 0 spiro atoms. The molecule has 198 valence electrons. The van der Waals surface area contributed by atoms with Gasteiger partial charge in [0.2, 0.25) is 0 Å². The van der Waals surface area contributed by atoms with Crippen LogP contribution >= 0.6 is 23.9 Å². The largest absolute Gasteiger partial charge is 0.739 e. The molecule has 0 aliphatic carbocycles. The van der Waals surface area contributed by atoms with Gasteiger partial charge in [0.25, 0.3) is 5.91 Å². The van der Waals surface area contributed by atoms with Gasteiger partial charge >= 0.3 is 29.9 Å². The van der Waals surface area contributed by atoms with Gasteiger partial charge in [-0.3, -0.25) is 23.7 Å². The number of phosphoric acid groups is 2. The summed E-state index contributed by atoms with van der Waals surface area (Å²) in [5.74, 6) is -0.897. The smallest absolute Gasteiger partial charge is 0.396 e. The molecule has 3 amide bonds. The molecular formula is C15H24N2O15P3+. The first kappa shape index (κ1) is 29.8. The lowest BCUT2D eigenvalue weighted by molar-refractivity contribution is -0.178. The fourth-order valence-corrected chi connectivity index (χ4v) is 6.64. The van der Waals surface area contributed by atoms with Crippen molar-refractivity contribution < 1.29 is 70.0 Å². The Bertz CT molecular complexity index is 998. The predicted octanol–water partition coefficient (Wildman–Crippen LogP) is 0.786. The zero-order valence-electron chi connectivity index (χ0n) is 18.8. The molecule has 5 unspecified atom stereocenters. The molecule has 4 N–H and O–H groups in total. The van der Waals surface area contributed by atoms with Crippen molar-refractivity contribution in [3.8, 4) is 0 Å². The van der Waals surface area contributed by atoms with Crippen LogP contribution in [0, 0.1) is 5.41 Å². The third-order valence-corrected chi connectivity index (χ3v) is 9.35. The Morgan fingerprint density at radius 1 is 1.23 bits per heavy atom. The highest BCUT2D eigenvalue weighted by molar-refractivity contribution is 7.65. The molecule has 0 bridgehead atoms. The lowest BCUT2D eigenvalue weighted by atomic mass is 9.77. The van der Waals surface area contributed by atoms with Gasteiger partial charge in [-0.15, -0.1) is 0 Å². The fourth-order valence-electron chi connectivity index (χ4n) is 2.97. The number of hydrogen-bond donors (Lipinski definition) is 4. The summed E-state index contributed by atoms with van der Waals surface area (Å²) in [6.45, 7) is -0.0539. The van der Waals surface area contributed by atoms with E-state index in [9.17, 15) is 33.5 Å². The SMILES string of the molecule is COO[P+](=O)OP(=O)(OC)OP(=O)(OC)OCC1OC(C2=C=CNC(=O)NC2=O)[C@@](C)(CO)[C@H]1O. The molecule has 7 atom stereocenters. The van der Waals surface area contributed by atoms with Gasteiger partial charge in [0, 0.05) is 25.0 Å². The van der Waals surface area contributed by atoms with Crippen LogP contribution in [0.2, 0.25) is 0 Å². The van der Waals surface area contributed by atoms with Gasteiger partial charge in [-0.25, -0.2) is 13.9 Å². The molecule has 0 aromatic carbocycles. The summed E-state index contributed by atoms with van der Waals surface area (Å²) >= 11 is 0. The van der Waals surface area contributed by atoms with E-state index in [2.05, 4.69) is 38.3 Å². The zero-order valence-corrected chi connectivity index (χ0v) is 21.5. The molecule has 1 fully saturated rings. The molecule has 2 aliphatic heterocycles. The second-order valence-corrected chi connectivity index (χ2v) is 11.7. The first-order valence-electron chi connectivity index (χ1n) is 9.43. The molecular weight excluding hydrogens is 541 g/mol. The normalized spacial score (nSPS) is 30.5. The number of hydrogen-bond acceptors (Lipinski definition) is 15. The van der Waals surface area contributed by atoms with E-state index in [1.165, 1.54) is 6.92 Å². The Labute approximate surface area is 199 Å². The van der Waals surface area contributed by atoms with E-state index in [-0.39, 0.29) is 5.57 Å². The second-order valence-electron chi connectivity index (χ2n) is 6.98. The average molecular weight is 565 g/mol. The molecule has 35 heavy (non-hydrogen) atoms. The summed E-state index contributed by atoms with van der Waals surface area (Å²) in [6.07, 6.45) is -3.13. The van der Waals surface area contributed by atoms with Crippen molar-refractivity contribution in [3.05, 3.63) is 17.5 Å². The maximum atomic E-state index is 12.8. The van der Waals surface area contributed by atoms with Crippen LogP contribution in [-0.2, 0) is 55.0 Å². The van der Waals surface area contributed by atoms with Crippen LogP contribution in [0.4, 0.5) is 4.79 Å². The predicted molar refractivity (Wildman–Crippen MR) is 111 cm³/mol. The Morgan fingerprint density at radius 3 is 2.46 bits per heavy atom. The first-order valence-corrected chi connectivity index (χ1v) is 13.4. The van der Waals surface area contributed by atoms with Gasteiger partial charge in [0.15, 0.2) is 0 Å². The van der Waals surface area contributed by atoms with Gasteiger partial charge in [-0.05, 0) is 4.31 Å². The molecule has 17 nitrogen and oxygen atoms in total. The highest BCUT2D eigenvalue weighted by atomic mass is 31.3. The number of urea groups is 1. The van der Waals surface area contributed by atoms with Crippen molar-refractivity contribution in [3.63, 3.8) is 0 Å². The van der Waals surface area contributed by atoms with Crippen LogP contribution < -0.4 is 10.6 Å². The molecule has 2 aliphatic rings. The number of nitrogens with one attached hydrogen (secondary N) is 2. The first-order chi connectivity index (χ1) is 16.4. The molecule has 1 saturated heterocycles. The second kappa shape index (κ2) is 12.2. The van der Waals surface area contributed by atoms with Gasteiger partial charge in [0.05, 0.1) is 42.1 Å². The Morgan fingerprint density at radius 2 is 1.89 bits per heavy atom. The summed E-state index contributed by atoms with van der Waals surface area (Å²) in [4.78, 5) is 27.9. The maximum absolute atomic E-state index is 12.8. The van der Waals surface area contributed by atoms with E-state index in [1.807, 2.05) is 5.32 Å². The van der Waals surface area contributed by atoms with Crippen molar-refractivity contribution in [2.45, 2.75) is 25.2 Å². The van der Waals surface area contributed by atoms with Crippen molar-refractivity contribution >= 4 is 35.8 Å². The Kier molecular flexibility index (Phi) is 10.4. The fraction of sp³-hybridized carbons (Fsp3) is 0.667. The summed E-state index contributed by atoms with van der Waals surface area (Å²) in [7, 11) is -10.1. The topological polar surface area (TPSA) is 224 Å². The summed E-state index contributed by atoms with van der Waals surface area (Å²) < 4.78 is 69.9. The molecule has 0 aromatic heterocycles. The van der Waals surface area contributed by atoms with Gasteiger partial charge in [-0.1, -0.05) is 12.7 Å². The lowest BCUT2D eigenvalue weighted by Crippen LogP contribution is -2.46. The molecule has 2 rings (SSSR count). The van der Waals surface area contributed by atoms with Crippen LogP contribution in [0.15, 0.2) is 17.5 Å². The molecule has 2 heterocycles. The standard InChI is InChI=1S/C15H23N2O15P3/c1-15(8-18)11(19)10(29-12(15)9-5-6-16-14(21)17-13(9)20)7-28-34(23,26-3)32-35(24,27-4)31-33(22)30-25-2/h6,10-12,18-19H,7-8H2,1-4H3,(H-,16,17,20,21)/p+1/t10?,11-,12?,15-,34?,35?/m0/s1. The summed E-state index contributed by atoms with van der Waals surface area (Å²) in [5, 5.41) is 24.9. The van der Waals surface area contributed by atoms with Crippen molar-refractivity contribution in [1.82, 2.24) is 10.6 Å². The van der Waals surface area contributed by atoms with Crippen LogP contribution in [0.25, 0.3) is 0 Å². The third kappa shape index (κ3) is 7.10. The number of aliphatic hydroxyl groups excluding tert-OH is 2. The van der Waals surface area contributed by atoms with Gasteiger partial charge < -0.3 is 20.3 Å². The van der Waals surface area contributed by atoms with Crippen molar-refractivity contribution in [2.75, 3.05) is 34.5 Å². The number of rotatable bonds is 13. The van der Waals surface area contributed by atoms with Crippen molar-refractivity contribution in [1.29, 1.82) is 0 Å². The molecule has 0 saturated carbocycles. The number of phosphoric ester groups is 1. The minimum Gasteiger partial charge on any atom is -0.396 e. The third-order valence-electron chi connectivity index (χ3n) is 4.79. The number of ether oxygens (including phenoxy) is 1. The molecule has 20 heteroatoms. The number of aliphatic hydroxyl groups is 2. The number of carbonyl (C=O) groups is 2. The van der Waals surface area contributed by atoms with Crippen LogP contribution in [0.1, 0.15) is 6.92 Å². The van der Waals surface area contributed by atoms with E-state index >= 15 is 0 Å². The quantitative estimate of drug-likeness (QED) is 0.105. The minimum atomic E-state index is -4.84. The van der Waals surface area contributed by atoms with Crippen LogP contribution in [0.3, 0.4) is 0 Å². The average Bonchev–Trinajstić information content (AvgIpc) is 2.93. The number of amides is 3. The molecule has 0 aromatic rings. The summed E-state index contributed by atoms with van der Waals surface area (Å²) in [5.41, 5.74) is 0.785.